The SMILES string of the molecule is O=C(O)CCNC(=O)CNC(=O)c1c(Cl)cccc1[N+](=O)[O-]. The first-order valence-corrected chi connectivity index (χ1v) is 6.40. The van der Waals surface area contributed by atoms with Gasteiger partial charge in [0, 0.05) is 12.6 Å². The van der Waals surface area contributed by atoms with Crippen molar-refractivity contribution in [1.82, 2.24) is 10.6 Å². The number of halogens is 1. The first-order chi connectivity index (χ1) is 10.3. The number of aliphatic carboxylic acids is 1. The molecule has 0 aliphatic heterocycles. The molecular weight excluding hydrogens is 318 g/mol. The number of rotatable bonds is 7. The lowest BCUT2D eigenvalue weighted by Crippen LogP contribution is -2.38. The second-order valence-electron chi connectivity index (χ2n) is 4.07. The van der Waals surface area contributed by atoms with Crippen molar-refractivity contribution in [3.63, 3.8) is 0 Å². The van der Waals surface area contributed by atoms with Gasteiger partial charge in [-0.1, -0.05) is 17.7 Å². The number of nitro benzene ring substituents is 1. The van der Waals surface area contributed by atoms with E-state index in [1.807, 2.05) is 0 Å². The van der Waals surface area contributed by atoms with Crippen molar-refractivity contribution in [2.45, 2.75) is 6.42 Å². The van der Waals surface area contributed by atoms with E-state index in [0.717, 1.165) is 6.07 Å². The first kappa shape index (κ1) is 17.4. The van der Waals surface area contributed by atoms with Crippen molar-refractivity contribution in [3.8, 4) is 0 Å². The highest BCUT2D eigenvalue weighted by Gasteiger charge is 2.23. The molecule has 0 fully saturated rings. The Morgan fingerprint density at radius 1 is 1.27 bits per heavy atom. The van der Waals surface area contributed by atoms with Crippen LogP contribution in [-0.2, 0) is 9.59 Å². The molecule has 0 aromatic heterocycles. The predicted molar refractivity (Wildman–Crippen MR) is 75.7 cm³/mol. The standard InChI is InChI=1S/C12H12ClN3O6/c13-7-2-1-3-8(16(21)22)11(7)12(20)15-6-9(17)14-5-4-10(18)19/h1-3H,4-6H2,(H,14,17)(H,15,20)(H,18,19). The van der Waals surface area contributed by atoms with Gasteiger partial charge in [-0.15, -0.1) is 0 Å². The van der Waals surface area contributed by atoms with Gasteiger partial charge in [-0.2, -0.15) is 0 Å². The van der Waals surface area contributed by atoms with Crippen LogP contribution in [0.3, 0.4) is 0 Å². The zero-order valence-electron chi connectivity index (χ0n) is 11.2. The van der Waals surface area contributed by atoms with Crippen LogP contribution < -0.4 is 10.6 Å². The normalized spacial score (nSPS) is 9.86. The molecule has 1 aromatic rings. The molecule has 9 nitrogen and oxygen atoms in total. The highest BCUT2D eigenvalue weighted by molar-refractivity contribution is 6.34. The van der Waals surface area contributed by atoms with Crippen LogP contribution in [0.25, 0.3) is 0 Å². The Kier molecular flexibility index (Phi) is 6.26. The first-order valence-electron chi connectivity index (χ1n) is 6.02. The Labute approximate surface area is 129 Å². The second kappa shape index (κ2) is 7.93. The number of nitrogens with one attached hydrogen (secondary N) is 2. The molecule has 0 heterocycles. The van der Waals surface area contributed by atoms with Crippen molar-refractivity contribution >= 4 is 35.1 Å². The van der Waals surface area contributed by atoms with Gasteiger partial charge in [-0.05, 0) is 6.07 Å². The van der Waals surface area contributed by atoms with Gasteiger partial charge in [0.2, 0.25) is 5.91 Å². The van der Waals surface area contributed by atoms with E-state index in [-0.39, 0.29) is 23.6 Å². The molecule has 0 spiro atoms. The Hall–Kier alpha value is -2.68. The lowest BCUT2D eigenvalue weighted by Gasteiger charge is -2.07. The summed E-state index contributed by atoms with van der Waals surface area (Å²) in [7, 11) is 0. The Balaban J connectivity index is 2.65. The summed E-state index contributed by atoms with van der Waals surface area (Å²) in [6, 6.07) is 3.76. The molecule has 1 rings (SSSR count). The zero-order chi connectivity index (χ0) is 16.7. The van der Waals surface area contributed by atoms with Gasteiger partial charge in [-0.25, -0.2) is 0 Å². The van der Waals surface area contributed by atoms with Crippen LogP contribution in [0.4, 0.5) is 5.69 Å². The third-order valence-electron chi connectivity index (χ3n) is 2.49. The fourth-order valence-corrected chi connectivity index (χ4v) is 1.77. The summed E-state index contributed by atoms with van der Waals surface area (Å²) in [6.07, 6.45) is -0.254. The molecule has 0 saturated carbocycles. The van der Waals surface area contributed by atoms with Gasteiger partial charge < -0.3 is 15.7 Å². The number of carbonyl (C=O) groups is 3. The van der Waals surface area contributed by atoms with Crippen molar-refractivity contribution < 1.29 is 24.4 Å². The fourth-order valence-electron chi connectivity index (χ4n) is 1.51. The summed E-state index contributed by atoms with van der Waals surface area (Å²) in [6.45, 7) is -0.545. The maximum absolute atomic E-state index is 11.9. The van der Waals surface area contributed by atoms with E-state index >= 15 is 0 Å². The maximum atomic E-state index is 11.9. The van der Waals surface area contributed by atoms with Crippen LogP contribution in [-0.4, -0.2) is 40.9 Å². The second-order valence-corrected chi connectivity index (χ2v) is 4.47. The van der Waals surface area contributed by atoms with Crippen LogP contribution in [0.5, 0.6) is 0 Å². The van der Waals surface area contributed by atoms with Gasteiger partial charge >= 0.3 is 5.97 Å². The predicted octanol–water partition coefficient (Wildman–Crippen LogP) is 0.569. The largest absolute Gasteiger partial charge is 0.481 e. The number of carboxylic acids is 1. The van der Waals surface area contributed by atoms with E-state index in [9.17, 15) is 24.5 Å². The van der Waals surface area contributed by atoms with Crippen molar-refractivity contribution in [2.24, 2.45) is 0 Å². The zero-order valence-corrected chi connectivity index (χ0v) is 11.9. The molecule has 1 aromatic carbocycles. The quantitative estimate of drug-likeness (QED) is 0.493. The van der Waals surface area contributed by atoms with E-state index in [0.29, 0.717) is 0 Å². The molecular formula is C12H12ClN3O6. The van der Waals surface area contributed by atoms with Gasteiger partial charge in [0.15, 0.2) is 0 Å². The summed E-state index contributed by atoms with van der Waals surface area (Å²) in [5, 5.41) is 23.6. The van der Waals surface area contributed by atoms with Crippen LogP contribution in [0.15, 0.2) is 18.2 Å². The average molecular weight is 330 g/mol. The molecule has 0 aliphatic rings. The molecule has 0 unspecified atom stereocenters. The number of benzene rings is 1. The van der Waals surface area contributed by atoms with E-state index in [1.165, 1.54) is 12.1 Å². The van der Waals surface area contributed by atoms with Gasteiger partial charge in [0.05, 0.1) is 22.9 Å². The number of hydrogen-bond donors (Lipinski definition) is 3. The third-order valence-corrected chi connectivity index (χ3v) is 2.80. The smallest absolute Gasteiger partial charge is 0.305 e. The minimum absolute atomic E-state index is 0.0870. The summed E-state index contributed by atoms with van der Waals surface area (Å²) < 4.78 is 0. The molecule has 0 saturated heterocycles. The molecule has 3 N–H and O–H groups in total. The van der Waals surface area contributed by atoms with Crippen molar-refractivity contribution in [3.05, 3.63) is 38.9 Å². The van der Waals surface area contributed by atoms with E-state index in [1.54, 1.807) is 0 Å². The van der Waals surface area contributed by atoms with E-state index in [4.69, 9.17) is 16.7 Å². The molecule has 0 bridgehead atoms. The summed E-state index contributed by atoms with van der Waals surface area (Å²) in [5.74, 6) is -2.56. The van der Waals surface area contributed by atoms with E-state index < -0.39 is 34.9 Å². The fraction of sp³-hybridized carbons (Fsp3) is 0.250. The third kappa shape index (κ3) is 5.02. The Morgan fingerprint density at radius 3 is 2.55 bits per heavy atom. The van der Waals surface area contributed by atoms with Gasteiger partial charge in [0.25, 0.3) is 11.6 Å². The molecule has 0 aliphatic carbocycles. The monoisotopic (exact) mass is 329 g/mol. The van der Waals surface area contributed by atoms with Gasteiger partial charge in [-0.3, -0.25) is 24.5 Å². The summed E-state index contributed by atoms with van der Waals surface area (Å²) in [4.78, 5) is 43.7. The van der Waals surface area contributed by atoms with Crippen LogP contribution in [0, 0.1) is 10.1 Å². The molecule has 118 valence electrons. The van der Waals surface area contributed by atoms with Crippen molar-refractivity contribution in [2.75, 3.05) is 13.1 Å². The number of nitro groups is 1. The lowest BCUT2D eigenvalue weighted by atomic mass is 10.1. The Morgan fingerprint density at radius 2 is 1.95 bits per heavy atom. The van der Waals surface area contributed by atoms with Crippen LogP contribution >= 0.6 is 11.6 Å². The average Bonchev–Trinajstić information content (AvgIpc) is 2.44. The summed E-state index contributed by atoms with van der Waals surface area (Å²) >= 11 is 5.77. The molecule has 0 radical (unpaired) electrons. The lowest BCUT2D eigenvalue weighted by molar-refractivity contribution is -0.385. The van der Waals surface area contributed by atoms with Crippen LogP contribution in [0.1, 0.15) is 16.8 Å². The van der Waals surface area contributed by atoms with Crippen LogP contribution in [0.2, 0.25) is 5.02 Å². The number of nitrogens with zero attached hydrogens (tertiary/aromatic N) is 1. The topological polar surface area (TPSA) is 139 Å². The molecule has 10 heteroatoms. The number of amides is 2. The number of carbonyl (C=O) groups excluding carboxylic acids is 2. The molecule has 2 amide bonds. The number of carboxylic acid groups (broad SMARTS) is 1. The minimum Gasteiger partial charge on any atom is -0.481 e. The Bertz CT molecular complexity index is 619. The number of hydrogen-bond acceptors (Lipinski definition) is 5. The summed E-state index contributed by atoms with van der Waals surface area (Å²) in [5.41, 5.74) is -0.816. The van der Waals surface area contributed by atoms with Crippen molar-refractivity contribution in [1.29, 1.82) is 0 Å². The highest BCUT2D eigenvalue weighted by atomic mass is 35.5. The van der Waals surface area contributed by atoms with E-state index in [2.05, 4.69) is 10.6 Å². The highest BCUT2D eigenvalue weighted by Crippen LogP contribution is 2.25. The minimum atomic E-state index is -1.07. The molecule has 22 heavy (non-hydrogen) atoms. The van der Waals surface area contributed by atoms with Gasteiger partial charge in [0.1, 0.15) is 5.56 Å². The maximum Gasteiger partial charge on any atom is 0.305 e. The molecule has 0 atom stereocenters.